The first-order valence-electron chi connectivity index (χ1n) is 8.65. The molecule has 0 radical (unpaired) electrons. The number of allylic oxidation sites excluding steroid dienone is 3. The van der Waals surface area contributed by atoms with E-state index in [4.69, 9.17) is 0 Å². The molecule has 2 aliphatic carbocycles. The average Bonchev–Trinajstić information content (AvgIpc) is 2.35. The molecular weight excluding hydrogens is 256 g/mol. The van der Waals surface area contributed by atoms with Crippen LogP contribution in [0.25, 0.3) is 0 Å². The summed E-state index contributed by atoms with van der Waals surface area (Å²) >= 11 is 0. The largest absolute Gasteiger partial charge is 0.390 e. The first-order valence-corrected chi connectivity index (χ1v) is 8.65. The van der Waals surface area contributed by atoms with E-state index < -0.39 is 5.60 Å². The molecule has 0 heterocycles. The monoisotopic (exact) mass is 290 g/mol. The second-order valence-corrected chi connectivity index (χ2v) is 8.74. The van der Waals surface area contributed by atoms with Crippen molar-refractivity contribution in [2.45, 2.75) is 78.7 Å². The third kappa shape index (κ3) is 2.99. The second kappa shape index (κ2) is 5.57. The Balaban J connectivity index is 2.35. The molecule has 0 aromatic heterocycles. The number of rotatable bonds is 3. The van der Waals surface area contributed by atoms with Crippen LogP contribution in [-0.2, 0) is 0 Å². The Bertz CT molecular complexity index is 429. The van der Waals surface area contributed by atoms with Gasteiger partial charge in [-0.15, -0.1) is 0 Å². The smallest absolute Gasteiger partial charge is 0.0656 e. The van der Waals surface area contributed by atoms with Gasteiger partial charge in [0.15, 0.2) is 0 Å². The minimum absolute atomic E-state index is 0.265. The highest BCUT2D eigenvalue weighted by Gasteiger charge is 2.57. The Morgan fingerprint density at radius 1 is 1.19 bits per heavy atom. The van der Waals surface area contributed by atoms with Crippen LogP contribution in [-0.4, -0.2) is 10.7 Å². The molecule has 1 heteroatoms. The van der Waals surface area contributed by atoms with Crippen molar-refractivity contribution in [3.8, 4) is 0 Å². The van der Waals surface area contributed by atoms with Crippen molar-refractivity contribution in [2.24, 2.45) is 22.7 Å². The van der Waals surface area contributed by atoms with Gasteiger partial charge in [-0.2, -0.15) is 0 Å². The zero-order valence-electron chi connectivity index (χ0n) is 14.7. The molecule has 2 fully saturated rings. The van der Waals surface area contributed by atoms with E-state index in [0.29, 0.717) is 11.3 Å². The predicted molar refractivity (Wildman–Crippen MR) is 91.1 cm³/mol. The Morgan fingerprint density at radius 2 is 1.86 bits per heavy atom. The van der Waals surface area contributed by atoms with Crippen LogP contribution < -0.4 is 0 Å². The van der Waals surface area contributed by atoms with E-state index in [1.54, 1.807) is 0 Å². The Kier molecular flexibility index (Phi) is 4.46. The molecule has 21 heavy (non-hydrogen) atoms. The molecule has 0 amide bonds. The van der Waals surface area contributed by atoms with Gasteiger partial charge in [-0.1, -0.05) is 51.5 Å². The van der Waals surface area contributed by atoms with Crippen LogP contribution in [0.1, 0.15) is 73.1 Å². The van der Waals surface area contributed by atoms with Gasteiger partial charge in [0.1, 0.15) is 0 Å². The summed E-state index contributed by atoms with van der Waals surface area (Å²) in [5, 5.41) is 11.0. The summed E-state index contributed by atoms with van der Waals surface area (Å²) in [5.41, 5.74) is 1.38. The highest BCUT2D eigenvalue weighted by molar-refractivity contribution is 5.15. The summed E-state index contributed by atoms with van der Waals surface area (Å²) in [7, 11) is 0. The highest BCUT2D eigenvalue weighted by Crippen LogP contribution is 2.62. The van der Waals surface area contributed by atoms with Crippen LogP contribution in [0.2, 0.25) is 0 Å². The number of hydrogen-bond donors (Lipinski definition) is 1. The Labute approximate surface area is 131 Å². The minimum Gasteiger partial charge on any atom is -0.390 e. The van der Waals surface area contributed by atoms with Crippen molar-refractivity contribution in [2.75, 3.05) is 0 Å². The van der Waals surface area contributed by atoms with Crippen LogP contribution in [0.15, 0.2) is 24.3 Å². The molecule has 2 aliphatic rings. The van der Waals surface area contributed by atoms with Crippen molar-refractivity contribution in [3.63, 3.8) is 0 Å². The van der Waals surface area contributed by atoms with Crippen molar-refractivity contribution in [3.05, 3.63) is 24.3 Å². The molecule has 1 N–H and O–H groups in total. The van der Waals surface area contributed by atoms with Crippen LogP contribution in [0.3, 0.4) is 0 Å². The summed E-state index contributed by atoms with van der Waals surface area (Å²) in [6, 6.07) is 0. The van der Waals surface area contributed by atoms with Gasteiger partial charge >= 0.3 is 0 Å². The quantitative estimate of drug-likeness (QED) is 0.680. The topological polar surface area (TPSA) is 20.2 Å². The Hall–Kier alpha value is -0.560. The van der Waals surface area contributed by atoms with Gasteiger partial charge in [0.2, 0.25) is 0 Å². The van der Waals surface area contributed by atoms with E-state index in [1.807, 2.05) is 6.08 Å². The van der Waals surface area contributed by atoms with E-state index in [1.165, 1.54) is 31.3 Å². The molecule has 0 spiro atoms. The molecule has 4 atom stereocenters. The summed E-state index contributed by atoms with van der Waals surface area (Å²) in [6.07, 6.45) is 11.2. The molecule has 2 saturated carbocycles. The van der Waals surface area contributed by atoms with Crippen molar-refractivity contribution in [1.82, 2.24) is 0 Å². The van der Waals surface area contributed by atoms with E-state index in [2.05, 4.69) is 47.3 Å². The van der Waals surface area contributed by atoms with Gasteiger partial charge in [0.05, 0.1) is 5.60 Å². The zero-order chi connectivity index (χ0) is 15.9. The van der Waals surface area contributed by atoms with Gasteiger partial charge < -0.3 is 5.11 Å². The molecule has 0 aromatic rings. The van der Waals surface area contributed by atoms with Crippen LogP contribution in [0.5, 0.6) is 0 Å². The number of aliphatic hydroxyl groups is 1. The molecule has 4 unspecified atom stereocenters. The summed E-state index contributed by atoms with van der Waals surface area (Å²) in [6.45, 7) is 15.4. The first kappa shape index (κ1) is 16.8. The van der Waals surface area contributed by atoms with Crippen LogP contribution >= 0.6 is 0 Å². The molecule has 0 aliphatic heterocycles. The molecule has 120 valence electrons. The van der Waals surface area contributed by atoms with E-state index >= 15 is 0 Å². The number of fused-ring (bicyclic) bond motifs is 1. The fraction of sp³-hybridized carbons (Fsp3) is 0.800. The van der Waals surface area contributed by atoms with Crippen molar-refractivity contribution < 1.29 is 5.11 Å². The lowest BCUT2D eigenvalue weighted by Crippen LogP contribution is -2.57. The first-order chi connectivity index (χ1) is 9.63. The highest BCUT2D eigenvalue weighted by atomic mass is 16.3. The van der Waals surface area contributed by atoms with E-state index in [-0.39, 0.29) is 5.41 Å². The second-order valence-electron chi connectivity index (χ2n) is 8.74. The molecule has 0 bridgehead atoms. The fourth-order valence-electron chi connectivity index (χ4n) is 5.53. The van der Waals surface area contributed by atoms with Gasteiger partial charge in [0, 0.05) is 0 Å². The lowest BCUT2D eigenvalue weighted by atomic mass is 9.45. The van der Waals surface area contributed by atoms with Gasteiger partial charge in [-0.3, -0.25) is 0 Å². The van der Waals surface area contributed by atoms with Crippen molar-refractivity contribution >= 4 is 0 Å². The summed E-state index contributed by atoms with van der Waals surface area (Å²) < 4.78 is 0. The summed E-state index contributed by atoms with van der Waals surface area (Å²) in [4.78, 5) is 0. The van der Waals surface area contributed by atoms with Gasteiger partial charge in [-0.25, -0.2) is 0 Å². The maximum absolute atomic E-state index is 11.0. The molecule has 1 nitrogen and oxygen atoms in total. The maximum atomic E-state index is 11.0. The standard InChI is InChI=1S/C20H34O/c1-7-15(2)9-10-17-19(5)13-8-12-18(3,4)16(19)11-14-20(17,6)21/h7,9,16-17,21H,1,8,10-14H2,2-6H3/b15-9+. The Morgan fingerprint density at radius 3 is 2.48 bits per heavy atom. The molecule has 0 aromatic carbocycles. The fourth-order valence-corrected chi connectivity index (χ4v) is 5.53. The third-order valence-corrected chi connectivity index (χ3v) is 6.76. The molecular formula is C20H34O. The van der Waals surface area contributed by atoms with E-state index in [9.17, 15) is 5.11 Å². The van der Waals surface area contributed by atoms with E-state index in [0.717, 1.165) is 18.8 Å². The van der Waals surface area contributed by atoms with Gasteiger partial charge in [0.25, 0.3) is 0 Å². The zero-order valence-corrected chi connectivity index (χ0v) is 14.7. The van der Waals surface area contributed by atoms with Crippen molar-refractivity contribution in [1.29, 1.82) is 0 Å². The van der Waals surface area contributed by atoms with Crippen LogP contribution in [0.4, 0.5) is 0 Å². The lowest BCUT2D eigenvalue weighted by Gasteiger charge is -2.61. The lowest BCUT2D eigenvalue weighted by molar-refractivity contribution is -0.165. The molecule has 0 saturated heterocycles. The SMILES string of the molecule is C=C/C(C)=C/CC1C(C)(O)CCC2C(C)(C)CCCC21C. The maximum Gasteiger partial charge on any atom is 0.0656 e. The van der Waals surface area contributed by atoms with Crippen LogP contribution in [0, 0.1) is 22.7 Å². The predicted octanol–water partition coefficient (Wildman–Crippen LogP) is 5.50. The minimum atomic E-state index is -0.531. The number of hydrogen-bond acceptors (Lipinski definition) is 1. The normalized spacial score (nSPS) is 43.2. The van der Waals surface area contributed by atoms with Gasteiger partial charge in [-0.05, 0) is 68.6 Å². The molecule has 2 rings (SSSR count). The summed E-state index contributed by atoms with van der Waals surface area (Å²) in [5.74, 6) is 1.10. The third-order valence-electron chi connectivity index (χ3n) is 6.76. The average molecular weight is 290 g/mol.